The molecule has 1 N–H and O–H groups in total. The highest BCUT2D eigenvalue weighted by Gasteiger charge is 2.74. The summed E-state index contributed by atoms with van der Waals surface area (Å²) in [5.74, 6) is 0.0189. The van der Waals surface area contributed by atoms with E-state index in [1.165, 1.54) is 35.9 Å². The largest absolute Gasteiger partial charge is 0.573 e. The van der Waals surface area contributed by atoms with Gasteiger partial charge in [0.25, 0.3) is 0 Å². The third-order valence-corrected chi connectivity index (χ3v) is 10.1. The molecule has 7 nitrogen and oxygen atoms in total. The SMILES string of the molecule is C=CCN1CC[C@]23c4c5ccc(O)c4OC2C(N(C)C(=O)/C=C/c2cccc(OC(F)(F)F)c2)CC[C@@]3(N(C)C)[C@H]1C5. The number of ether oxygens (including phenoxy) is 2. The third kappa shape index (κ3) is 4.13. The van der Waals surface area contributed by atoms with Crippen LogP contribution in [0.2, 0.25) is 0 Å². The average Bonchev–Trinajstić information content (AvgIpc) is 3.28. The number of carbonyl (C=O) groups excluding carboxylic acids is 1. The van der Waals surface area contributed by atoms with E-state index in [0.29, 0.717) is 17.7 Å². The number of carbonyl (C=O) groups is 1. The van der Waals surface area contributed by atoms with Crippen molar-refractivity contribution in [2.45, 2.75) is 61.2 Å². The smallest absolute Gasteiger partial charge is 0.504 e. The molecular weight excluding hydrogens is 547 g/mol. The fraction of sp³-hybridized carbons (Fsp3) is 0.469. The topological polar surface area (TPSA) is 65.5 Å². The van der Waals surface area contributed by atoms with Crippen molar-refractivity contribution in [2.24, 2.45) is 0 Å². The molecule has 42 heavy (non-hydrogen) atoms. The van der Waals surface area contributed by atoms with Crippen LogP contribution in [0.5, 0.6) is 17.2 Å². The molecule has 2 aromatic rings. The van der Waals surface area contributed by atoms with Crippen molar-refractivity contribution in [3.05, 3.63) is 71.8 Å². The molecule has 1 saturated carbocycles. The van der Waals surface area contributed by atoms with Crippen LogP contribution in [0.3, 0.4) is 0 Å². The number of piperidine rings is 1. The minimum atomic E-state index is -4.80. The molecule has 2 aliphatic carbocycles. The van der Waals surface area contributed by atoms with Crippen LogP contribution in [0.4, 0.5) is 13.2 Å². The van der Waals surface area contributed by atoms with E-state index in [-0.39, 0.29) is 41.1 Å². The molecule has 2 aromatic carbocycles. The van der Waals surface area contributed by atoms with Gasteiger partial charge in [0.05, 0.1) is 11.5 Å². The van der Waals surface area contributed by atoms with Crippen molar-refractivity contribution in [1.82, 2.24) is 14.7 Å². The summed E-state index contributed by atoms with van der Waals surface area (Å²) in [7, 11) is 6.01. The standard InChI is InChI=1S/C32H36F3N3O4/c1-5-16-38-17-15-30-27-21-10-11-24(39)28(27)41-29(30)23(13-14-31(30,36(2)3)25(38)19-21)37(4)26(40)12-9-20-7-6-8-22(18-20)42-32(33,34)35/h5-12,18,23,25,29,39H,1,13-17,19H2,2-4H3/b12-9+/t23?,25-,29?,30+,31-/m1/s1. The van der Waals surface area contributed by atoms with Gasteiger partial charge >= 0.3 is 6.36 Å². The van der Waals surface area contributed by atoms with Crippen LogP contribution in [0.1, 0.15) is 36.0 Å². The molecule has 2 aliphatic heterocycles. The zero-order valence-electron chi connectivity index (χ0n) is 24.0. The van der Waals surface area contributed by atoms with Gasteiger partial charge in [0.15, 0.2) is 11.5 Å². The Balaban J connectivity index is 1.35. The number of hydrogen-bond donors (Lipinski definition) is 1. The summed E-state index contributed by atoms with van der Waals surface area (Å²) in [5, 5.41) is 11.0. The van der Waals surface area contributed by atoms with Gasteiger partial charge in [-0.2, -0.15) is 0 Å². The molecule has 4 aliphatic rings. The summed E-state index contributed by atoms with van der Waals surface area (Å²) in [4.78, 5) is 20.1. The van der Waals surface area contributed by atoms with Gasteiger partial charge in [0.2, 0.25) is 5.91 Å². The van der Waals surface area contributed by atoms with Gasteiger partial charge in [-0.1, -0.05) is 24.3 Å². The second-order valence-corrected chi connectivity index (χ2v) is 12.0. The number of aromatic hydroxyl groups is 1. The molecule has 2 unspecified atom stereocenters. The Morgan fingerprint density at radius 1 is 1.24 bits per heavy atom. The maximum Gasteiger partial charge on any atom is 0.573 e. The van der Waals surface area contributed by atoms with E-state index < -0.39 is 11.8 Å². The molecule has 10 heteroatoms. The van der Waals surface area contributed by atoms with E-state index in [1.807, 2.05) is 12.1 Å². The van der Waals surface area contributed by atoms with Crippen LogP contribution in [0, 0.1) is 0 Å². The number of benzene rings is 2. The predicted octanol–water partition coefficient (Wildman–Crippen LogP) is 4.74. The molecule has 2 bridgehead atoms. The van der Waals surface area contributed by atoms with Crippen molar-refractivity contribution in [3.63, 3.8) is 0 Å². The molecule has 0 radical (unpaired) electrons. The van der Waals surface area contributed by atoms with Crippen molar-refractivity contribution in [1.29, 1.82) is 0 Å². The molecule has 2 fully saturated rings. The number of amides is 1. The normalized spacial score (nSPS) is 29.7. The lowest BCUT2D eigenvalue weighted by atomic mass is 9.46. The van der Waals surface area contributed by atoms with E-state index >= 15 is 0 Å². The van der Waals surface area contributed by atoms with E-state index in [1.54, 1.807) is 24.1 Å². The van der Waals surface area contributed by atoms with Crippen LogP contribution in [0.15, 0.2) is 55.1 Å². The molecule has 2 heterocycles. The number of likely N-dealkylation sites (tertiary alicyclic amines) is 1. The number of nitrogens with zero attached hydrogens (tertiary/aromatic N) is 3. The Hall–Kier alpha value is -3.50. The zero-order valence-corrected chi connectivity index (χ0v) is 24.0. The number of hydrogen-bond acceptors (Lipinski definition) is 6. The number of alkyl halides is 3. The highest BCUT2D eigenvalue weighted by atomic mass is 19.4. The van der Waals surface area contributed by atoms with Crippen LogP contribution >= 0.6 is 0 Å². The Morgan fingerprint density at radius 3 is 2.74 bits per heavy atom. The minimum Gasteiger partial charge on any atom is -0.504 e. The Kier molecular flexibility index (Phi) is 6.85. The number of phenolic OH excluding ortho intramolecular Hbond substituents is 1. The second kappa shape index (κ2) is 10.1. The van der Waals surface area contributed by atoms with Gasteiger partial charge in [0.1, 0.15) is 11.9 Å². The van der Waals surface area contributed by atoms with E-state index in [0.717, 1.165) is 37.9 Å². The molecule has 1 amide bonds. The van der Waals surface area contributed by atoms with Crippen molar-refractivity contribution >= 4 is 12.0 Å². The van der Waals surface area contributed by atoms with Crippen LogP contribution in [-0.2, 0) is 16.6 Å². The average molecular weight is 584 g/mol. The third-order valence-electron chi connectivity index (χ3n) is 10.1. The van der Waals surface area contributed by atoms with Crippen molar-refractivity contribution in [3.8, 4) is 17.2 Å². The lowest BCUT2D eigenvalue weighted by molar-refractivity contribution is -0.274. The number of rotatable bonds is 7. The summed E-state index contributed by atoms with van der Waals surface area (Å²) in [6.45, 7) is 5.64. The quantitative estimate of drug-likeness (QED) is 0.375. The van der Waals surface area contributed by atoms with E-state index in [4.69, 9.17) is 4.74 Å². The molecule has 1 spiro atoms. The lowest BCUT2D eigenvalue weighted by Gasteiger charge is -2.69. The Morgan fingerprint density at radius 2 is 2.02 bits per heavy atom. The summed E-state index contributed by atoms with van der Waals surface area (Å²) in [6, 6.07) is 9.17. The highest BCUT2D eigenvalue weighted by molar-refractivity contribution is 5.92. The van der Waals surface area contributed by atoms with Crippen molar-refractivity contribution in [2.75, 3.05) is 34.2 Å². The lowest BCUT2D eigenvalue weighted by Crippen LogP contribution is -2.82. The predicted molar refractivity (Wildman–Crippen MR) is 152 cm³/mol. The minimum absolute atomic E-state index is 0.116. The van der Waals surface area contributed by atoms with Crippen LogP contribution < -0.4 is 9.47 Å². The summed E-state index contributed by atoms with van der Waals surface area (Å²) in [6.07, 6.45) is 2.81. The zero-order chi connectivity index (χ0) is 30.0. The Bertz CT molecular complexity index is 1440. The van der Waals surface area contributed by atoms with Gasteiger partial charge in [-0.05, 0) is 81.7 Å². The number of phenols is 1. The van der Waals surface area contributed by atoms with E-state index in [2.05, 4.69) is 35.2 Å². The van der Waals surface area contributed by atoms with Crippen molar-refractivity contribution < 1.29 is 32.5 Å². The molecular formula is C32H36F3N3O4. The molecule has 224 valence electrons. The maximum atomic E-state index is 13.5. The van der Waals surface area contributed by atoms with Gasteiger partial charge < -0.3 is 24.4 Å². The molecule has 6 rings (SSSR count). The first-order valence-electron chi connectivity index (χ1n) is 14.3. The fourth-order valence-electron chi connectivity index (χ4n) is 8.57. The monoisotopic (exact) mass is 583 g/mol. The maximum absolute atomic E-state index is 13.5. The summed E-state index contributed by atoms with van der Waals surface area (Å²) in [5.41, 5.74) is 1.96. The summed E-state index contributed by atoms with van der Waals surface area (Å²) >= 11 is 0. The van der Waals surface area contributed by atoms with E-state index in [9.17, 15) is 23.1 Å². The van der Waals surface area contributed by atoms with Crippen LogP contribution in [-0.4, -0.2) is 90.0 Å². The van der Waals surface area contributed by atoms with Gasteiger partial charge in [-0.3, -0.25) is 9.69 Å². The molecule has 1 saturated heterocycles. The number of likely N-dealkylation sites (N-methyl/N-ethyl adjacent to an activating group) is 2. The summed E-state index contributed by atoms with van der Waals surface area (Å²) < 4.78 is 48.8. The molecule has 5 atom stereocenters. The Labute approximate surface area is 243 Å². The second-order valence-electron chi connectivity index (χ2n) is 12.0. The highest BCUT2D eigenvalue weighted by Crippen LogP contribution is 2.67. The molecule has 0 aromatic heterocycles. The van der Waals surface area contributed by atoms with Gasteiger partial charge in [0, 0.05) is 36.8 Å². The fourth-order valence-corrected chi connectivity index (χ4v) is 8.57. The van der Waals surface area contributed by atoms with Crippen LogP contribution in [0.25, 0.3) is 6.08 Å². The first-order valence-corrected chi connectivity index (χ1v) is 14.3. The van der Waals surface area contributed by atoms with Gasteiger partial charge in [-0.25, -0.2) is 0 Å². The number of halogens is 3. The first kappa shape index (κ1) is 28.6. The van der Waals surface area contributed by atoms with Gasteiger partial charge in [-0.15, -0.1) is 19.8 Å². The first-order chi connectivity index (χ1) is 19.9.